The Morgan fingerprint density at radius 3 is 1.36 bits per heavy atom. The van der Waals surface area contributed by atoms with E-state index in [0.717, 1.165) is 39.1 Å². The fourth-order valence-corrected chi connectivity index (χ4v) is 15.1. The zero-order valence-electron chi connectivity index (χ0n) is 46.2. The largest absolute Gasteiger partial charge is 0.309 e. The van der Waals surface area contributed by atoms with Crippen molar-refractivity contribution in [2.24, 2.45) is 0 Å². The summed E-state index contributed by atoms with van der Waals surface area (Å²) in [4.78, 5) is 15.5. The van der Waals surface area contributed by atoms with Gasteiger partial charge in [-0.15, -0.1) is 0 Å². The molecule has 1 spiro atoms. The number of benzene rings is 12. The van der Waals surface area contributed by atoms with Gasteiger partial charge in [0.05, 0.1) is 27.5 Å². The van der Waals surface area contributed by atoms with Gasteiger partial charge in [-0.25, -0.2) is 15.0 Å². The van der Waals surface area contributed by atoms with Gasteiger partial charge in [0.1, 0.15) is 0 Å². The Kier molecular flexibility index (Phi) is 9.72. The zero-order valence-corrected chi connectivity index (χ0v) is 46.2. The lowest BCUT2D eigenvalue weighted by Crippen LogP contribution is -2.25. The van der Waals surface area contributed by atoms with Crippen LogP contribution in [0.15, 0.2) is 273 Å². The van der Waals surface area contributed by atoms with Crippen LogP contribution in [0.1, 0.15) is 47.2 Å². The molecule has 5 heteroatoms. The summed E-state index contributed by atoms with van der Waals surface area (Å²) in [6, 6.07) is 100. The minimum Gasteiger partial charge on any atom is -0.309 e. The number of hydrogen-bond acceptors (Lipinski definition) is 3. The molecule has 5 nitrogen and oxygen atoms in total. The van der Waals surface area contributed by atoms with Crippen LogP contribution in [0.4, 0.5) is 0 Å². The molecule has 0 bridgehead atoms. The minimum atomic E-state index is -0.513. The normalized spacial score (nSPS) is 13.8. The van der Waals surface area contributed by atoms with Crippen molar-refractivity contribution in [1.29, 1.82) is 0 Å². The minimum absolute atomic E-state index is 0.126. The van der Waals surface area contributed by atoms with Gasteiger partial charge in [0, 0.05) is 60.6 Å². The van der Waals surface area contributed by atoms with E-state index in [1.54, 1.807) is 0 Å². The average Bonchev–Trinajstić information content (AvgIpc) is 1.54. The highest BCUT2D eigenvalue weighted by atomic mass is 15.0. The quantitative estimate of drug-likeness (QED) is 0.167. The molecular weight excluding hydrogens is 1020 g/mol. The fraction of sp³-hybridized carbons (Fsp3) is 0.0506. The van der Waals surface area contributed by atoms with Gasteiger partial charge in [0.25, 0.3) is 0 Å². The highest BCUT2D eigenvalue weighted by Gasteiger charge is 2.52. The summed E-state index contributed by atoms with van der Waals surface area (Å²) in [5, 5.41) is 4.86. The maximum Gasteiger partial charge on any atom is 0.164 e. The van der Waals surface area contributed by atoms with Crippen LogP contribution in [0.2, 0.25) is 0 Å². The van der Waals surface area contributed by atoms with Crippen molar-refractivity contribution in [3.63, 3.8) is 0 Å². The Hall–Kier alpha value is -10.8. The molecular formula is C79H51N5. The third-order valence-corrected chi connectivity index (χ3v) is 18.8. The summed E-state index contributed by atoms with van der Waals surface area (Å²) in [5.41, 5.74) is 27.1. The second-order valence-electron chi connectivity index (χ2n) is 23.4. The summed E-state index contributed by atoms with van der Waals surface area (Å²) in [7, 11) is 0. The number of para-hydroxylation sites is 1. The zero-order chi connectivity index (χ0) is 55.4. The Labute approximate surface area is 486 Å². The molecule has 3 heterocycles. The van der Waals surface area contributed by atoms with Crippen molar-refractivity contribution in [1.82, 2.24) is 24.1 Å². The second-order valence-corrected chi connectivity index (χ2v) is 23.4. The van der Waals surface area contributed by atoms with E-state index < -0.39 is 5.41 Å². The van der Waals surface area contributed by atoms with Crippen molar-refractivity contribution in [2.45, 2.75) is 24.7 Å². The highest BCUT2D eigenvalue weighted by Crippen LogP contribution is 2.64. The Morgan fingerprint density at radius 1 is 0.274 bits per heavy atom. The number of fused-ring (bicyclic) bond motifs is 20. The summed E-state index contributed by atoms with van der Waals surface area (Å²) in [6.07, 6.45) is 0. The van der Waals surface area contributed by atoms with E-state index in [1.165, 1.54) is 110 Å². The average molecular weight is 1070 g/mol. The Balaban J connectivity index is 0.891. The molecule has 0 saturated carbocycles. The van der Waals surface area contributed by atoms with Gasteiger partial charge in [-0.2, -0.15) is 0 Å². The van der Waals surface area contributed by atoms with Crippen molar-refractivity contribution in [3.8, 4) is 90.0 Å². The van der Waals surface area contributed by atoms with E-state index in [2.05, 4.69) is 260 Å². The van der Waals surface area contributed by atoms with Crippen LogP contribution >= 0.6 is 0 Å². The first-order chi connectivity index (χ1) is 41.4. The first-order valence-corrected chi connectivity index (χ1v) is 29.1. The Bertz CT molecular complexity index is 5180. The Morgan fingerprint density at radius 2 is 0.738 bits per heavy atom. The first kappa shape index (κ1) is 46.9. The SMILES string of the molecule is CC1(C)c2ccccc2-c2cc3c4cc(-c5ccc6c(c5)c5ccc7c(c5n6-c5cccc(-c6nc(-c8ccccc8)nc(-c8ccccc8)n6)c5)-c5ccccc5C75c6ccccc6-c6ccccc65)ccc4n(-c4ccccc4)c3cc21. The van der Waals surface area contributed by atoms with Crippen molar-refractivity contribution in [3.05, 3.63) is 306 Å². The van der Waals surface area contributed by atoms with Crippen molar-refractivity contribution < 1.29 is 0 Å². The number of hydrogen-bond donors (Lipinski definition) is 0. The molecule has 18 rings (SSSR count). The molecule has 84 heavy (non-hydrogen) atoms. The summed E-state index contributed by atoms with van der Waals surface area (Å²) in [5.74, 6) is 1.88. The predicted octanol–water partition coefficient (Wildman–Crippen LogP) is 19.4. The summed E-state index contributed by atoms with van der Waals surface area (Å²) >= 11 is 0. The van der Waals surface area contributed by atoms with Crippen LogP contribution in [-0.4, -0.2) is 24.1 Å². The molecule has 15 aromatic rings. The molecule has 392 valence electrons. The van der Waals surface area contributed by atoms with Crippen LogP contribution in [0, 0.1) is 0 Å². The van der Waals surface area contributed by atoms with Gasteiger partial charge in [-0.3, -0.25) is 0 Å². The van der Waals surface area contributed by atoms with Crippen LogP contribution in [0.3, 0.4) is 0 Å². The molecule has 0 saturated heterocycles. The number of nitrogens with zero attached hydrogens (tertiary/aromatic N) is 5. The summed E-state index contributed by atoms with van der Waals surface area (Å²) in [6.45, 7) is 4.74. The smallest absolute Gasteiger partial charge is 0.164 e. The lowest BCUT2D eigenvalue weighted by atomic mass is 9.70. The topological polar surface area (TPSA) is 48.5 Å². The summed E-state index contributed by atoms with van der Waals surface area (Å²) < 4.78 is 4.99. The van der Waals surface area contributed by atoms with Gasteiger partial charge in [-0.05, 0) is 133 Å². The molecule has 3 aliphatic rings. The maximum atomic E-state index is 5.23. The van der Waals surface area contributed by atoms with E-state index in [-0.39, 0.29) is 5.41 Å². The van der Waals surface area contributed by atoms with Crippen LogP contribution in [-0.2, 0) is 10.8 Å². The van der Waals surface area contributed by atoms with Gasteiger partial charge in [0.2, 0.25) is 0 Å². The second kappa shape index (κ2) is 17.4. The van der Waals surface area contributed by atoms with Gasteiger partial charge >= 0.3 is 0 Å². The van der Waals surface area contributed by atoms with Crippen molar-refractivity contribution in [2.75, 3.05) is 0 Å². The maximum absolute atomic E-state index is 5.23. The van der Waals surface area contributed by atoms with E-state index in [0.29, 0.717) is 17.5 Å². The molecule has 0 atom stereocenters. The highest BCUT2D eigenvalue weighted by molar-refractivity contribution is 6.18. The van der Waals surface area contributed by atoms with E-state index in [1.807, 2.05) is 36.4 Å². The molecule has 0 amide bonds. The molecule has 0 fully saturated rings. The molecule has 0 unspecified atom stereocenters. The number of rotatable bonds is 6. The monoisotopic (exact) mass is 1070 g/mol. The molecule has 12 aromatic carbocycles. The lowest BCUT2D eigenvalue weighted by Gasteiger charge is -2.30. The van der Waals surface area contributed by atoms with Crippen LogP contribution < -0.4 is 0 Å². The molecule has 0 radical (unpaired) electrons. The van der Waals surface area contributed by atoms with Crippen LogP contribution in [0.5, 0.6) is 0 Å². The van der Waals surface area contributed by atoms with E-state index in [4.69, 9.17) is 15.0 Å². The number of aromatic nitrogens is 5. The molecule has 3 aromatic heterocycles. The van der Waals surface area contributed by atoms with Gasteiger partial charge in [-0.1, -0.05) is 226 Å². The standard InChI is InChI=1S/C79H51N5/c1-78(2)64-33-16-12-31-57(64)60-46-63-62-45-51(37-41-70(62)83(72(63)47-69(60)78)53-26-10-5-11-27-53)50-38-42-71-61(44-50)58-39-40-68-73(59-32-15-19-36-67(59)79(68)65-34-17-13-29-55(65)56-30-14-18-35-66(56)79)74(58)84(71)54-28-20-25-52(43-54)77-81-75(48-21-6-3-7-22-48)80-76(82-77)49-23-8-4-9-24-49/h3-47H,1-2H3. The molecule has 3 aliphatic carbocycles. The predicted molar refractivity (Wildman–Crippen MR) is 344 cm³/mol. The van der Waals surface area contributed by atoms with Gasteiger partial charge in [0.15, 0.2) is 17.5 Å². The molecule has 0 N–H and O–H groups in total. The fourth-order valence-electron chi connectivity index (χ4n) is 15.1. The molecule has 0 aliphatic heterocycles. The third-order valence-electron chi connectivity index (χ3n) is 18.8. The van der Waals surface area contributed by atoms with Crippen molar-refractivity contribution >= 4 is 43.6 Å². The third kappa shape index (κ3) is 6.41. The van der Waals surface area contributed by atoms with E-state index in [9.17, 15) is 0 Å². The van der Waals surface area contributed by atoms with Crippen LogP contribution in [0.25, 0.3) is 134 Å². The lowest BCUT2D eigenvalue weighted by molar-refractivity contribution is 0.661. The van der Waals surface area contributed by atoms with E-state index >= 15 is 0 Å². The van der Waals surface area contributed by atoms with Gasteiger partial charge < -0.3 is 9.13 Å². The first-order valence-electron chi connectivity index (χ1n) is 29.1.